The summed E-state index contributed by atoms with van der Waals surface area (Å²) >= 11 is 0. The van der Waals surface area contributed by atoms with Crippen molar-refractivity contribution in [1.29, 1.82) is 0 Å². The molecule has 2 aromatic rings. The first-order valence-corrected chi connectivity index (χ1v) is 4.98. The molecule has 0 bridgehead atoms. The standard InChI is InChI=1S/C13H10O2/c14-8-12-13(15-12)11-6-5-9-3-1-2-4-10(9)7-11/h1-8,12-13H/t12-,13-/m0/s1. The summed E-state index contributed by atoms with van der Waals surface area (Å²) in [5.41, 5.74) is 1.09. The van der Waals surface area contributed by atoms with Crippen LogP contribution in [0.2, 0.25) is 0 Å². The quantitative estimate of drug-likeness (QED) is 0.548. The van der Waals surface area contributed by atoms with E-state index in [0.717, 1.165) is 11.8 Å². The van der Waals surface area contributed by atoms with Crippen molar-refractivity contribution in [2.45, 2.75) is 12.2 Å². The van der Waals surface area contributed by atoms with E-state index in [1.165, 1.54) is 10.8 Å². The first kappa shape index (κ1) is 8.62. The monoisotopic (exact) mass is 198 g/mol. The number of rotatable bonds is 2. The van der Waals surface area contributed by atoms with Crippen molar-refractivity contribution in [3.63, 3.8) is 0 Å². The van der Waals surface area contributed by atoms with Gasteiger partial charge in [0, 0.05) is 0 Å². The molecule has 0 aliphatic carbocycles. The van der Waals surface area contributed by atoms with Crippen LogP contribution in [0.3, 0.4) is 0 Å². The van der Waals surface area contributed by atoms with Gasteiger partial charge in [0.15, 0.2) is 6.29 Å². The van der Waals surface area contributed by atoms with Crippen LogP contribution in [0.1, 0.15) is 11.7 Å². The van der Waals surface area contributed by atoms with Crippen LogP contribution in [0.5, 0.6) is 0 Å². The molecule has 2 aromatic carbocycles. The second-order valence-electron chi connectivity index (χ2n) is 3.76. The molecule has 2 atom stereocenters. The average molecular weight is 198 g/mol. The summed E-state index contributed by atoms with van der Waals surface area (Å²) in [7, 11) is 0. The maximum Gasteiger partial charge on any atom is 0.151 e. The Balaban J connectivity index is 2.04. The second kappa shape index (κ2) is 3.17. The van der Waals surface area contributed by atoms with Gasteiger partial charge in [-0.2, -0.15) is 0 Å². The Bertz CT molecular complexity index is 519. The van der Waals surface area contributed by atoms with Crippen LogP contribution >= 0.6 is 0 Å². The van der Waals surface area contributed by atoms with E-state index < -0.39 is 0 Å². The third-order valence-electron chi connectivity index (χ3n) is 2.76. The Morgan fingerprint density at radius 1 is 1.07 bits per heavy atom. The Morgan fingerprint density at radius 3 is 2.60 bits per heavy atom. The molecule has 15 heavy (non-hydrogen) atoms. The van der Waals surface area contributed by atoms with Gasteiger partial charge in [-0.25, -0.2) is 0 Å². The van der Waals surface area contributed by atoms with E-state index >= 15 is 0 Å². The van der Waals surface area contributed by atoms with Gasteiger partial charge < -0.3 is 9.53 Å². The highest BCUT2D eigenvalue weighted by molar-refractivity contribution is 5.83. The molecule has 0 aromatic heterocycles. The molecule has 1 aliphatic heterocycles. The van der Waals surface area contributed by atoms with E-state index in [4.69, 9.17) is 4.74 Å². The van der Waals surface area contributed by atoms with Crippen LogP contribution in [0, 0.1) is 0 Å². The van der Waals surface area contributed by atoms with Crippen LogP contribution in [0.4, 0.5) is 0 Å². The van der Waals surface area contributed by atoms with E-state index in [9.17, 15) is 4.79 Å². The van der Waals surface area contributed by atoms with Gasteiger partial charge in [0.2, 0.25) is 0 Å². The highest BCUT2D eigenvalue weighted by Gasteiger charge is 2.39. The normalized spacial score (nSPS) is 24.0. The first-order chi connectivity index (χ1) is 7.38. The van der Waals surface area contributed by atoms with E-state index in [-0.39, 0.29) is 12.2 Å². The lowest BCUT2D eigenvalue weighted by Crippen LogP contribution is -1.88. The number of hydrogen-bond donors (Lipinski definition) is 0. The summed E-state index contributed by atoms with van der Waals surface area (Å²) in [6.07, 6.45) is 0.609. The smallest absolute Gasteiger partial charge is 0.151 e. The maximum atomic E-state index is 10.5. The number of benzene rings is 2. The SMILES string of the molecule is O=C[C@@H]1O[C@H]1c1ccc2ccccc2c1. The highest BCUT2D eigenvalue weighted by atomic mass is 16.6. The van der Waals surface area contributed by atoms with Crippen LogP contribution in [-0.4, -0.2) is 12.4 Å². The minimum absolute atomic E-state index is 0.0212. The molecule has 2 nitrogen and oxygen atoms in total. The van der Waals surface area contributed by atoms with Gasteiger partial charge in [-0.1, -0.05) is 36.4 Å². The number of epoxide rings is 1. The number of aldehydes is 1. The van der Waals surface area contributed by atoms with Crippen molar-refractivity contribution in [1.82, 2.24) is 0 Å². The van der Waals surface area contributed by atoms with Gasteiger partial charge in [-0.3, -0.25) is 0 Å². The average Bonchev–Trinajstić information content (AvgIpc) is 3.08. The zero-order chi connectivity index (χ0) is 10.3. The van der Waals surface area contributed by atoms with Gasteiger partial charge in [-0.05, 0) is 22.4 Å². The molecule has 0 spiro atoms. The Kier molecular flexibility index (Phi) is 1.82. The van der Waals surface area contributed by atoms with Crippen molar-refractivity contribution in [3.05, 3.63) is 48.0 Å². The van der Waals surface area contributed by atoms with E-state index in [0.29, 0.717) is 0 Å². The van der Waals surface area contributed by atoms with Crippen LogP contribution < -0.4 is 0 Å². The zero-order valence-electron chi connectivity index (χ0n) is 8.09. The Morgan fingerprint density at radius 2 is 1.87 bits per heavy atom. The molecule has 74 valence electrons. The van der Waals surface area contributed by atoms with Gasteiger partial charge in [0.05, 0.1) is 0 Å². The number of carbonyl (C=O) groups is 1. The molecule has 1 heterocycles. The molecule has 0 radical (unpaired) electrons. The number of hydrogen-bond acceptors (Lipinski definition) is 2. The van der Waals surface area contributed by atoms with Crippen molar-refractivity contribution >= 4 is 17.1 Å². The molecule has 1 aliphatic rings. The summed E-state index contributed by atoms with van der Waals surface area (Å²) in [5, 5.41) is 2.40. The topological polar surface area (TPSA) is 29.6 Å². The fraction of sp³-hybridized carbons (Fsp3) is 0.154. The van der Waals surface area contributed by atoms with Crippen LogP contribution in [0.25, 0.3) is 10.8 Å². The highest BCUT2D eigenvalue weighted by Crippen LogP contribution is 2.38. The third kappa shape index (κ3) is 1.43. The van der Waals surface area contributed by atoms with Gasteiger partial charge in [0.1, 0.15) is 12.2 Å². The second-order valence-corrected chi connectivity index (χ2v) is 3.76. The summed E-state index contributed by atoms with van der Waals surface area (Å²) in [4.78, 5) is 10.5. The van der Waals surface area contributed by atoms with E-state index in [1.54, 1.807) is 0 Å². The molecule has 0 saturated carbocycles. The zero-order valence-corrected chi connectivity index (χ0v) is 8.09. The summed E-state index contributed by atoms with van der Waals surface area (Å²) in [6.45, 7) is 0. The minimum Gasteiger partial charge on any atom is -0.357 e. The lowest BCUT2D eigenvalue weighted by molar-refractivity contribution is -0.108. The van der Waals surface area contributed by atoms with Gasteiger partial charge >= 0.3 is 0 Å². The van der Waals surface area contributed by atoms with Gasteiger partial charge in [-0.15, -0.1) is 0 Å². The van der Waals surface area contributed by atoms with Crippen LogP contribution in [-0.2, 0) is 9.53 Å². The summed E-state index contributed by atoms with van der Waals surface area (Å²) in [5.74, 6) is 0. The molecule has 0 unspecified atom stereocenters. The first-order valence-electron chi connectivity index (χ1n) is 4.98. The summed E-state index contributed by atoms with van der Waals surface area (Å²) in [6, 6.07) is 14.3. The van der Waals surface area contributed by atoms with Crippen molar-refractivity contribution in [2.24, 2.45) is 0 Å². The number of fused-ring (bicyclic) bond motifs is 1. The lowest BCUT2D eigenvalue weighted by Gasteiger charge is -1.99. The number of carbonyl (C=O) groups excluding carboxylic acids is 1. The molecule has 2 heteroatoms. The fourth-order valence-corrected chi connectivity index (χ4v) is 1.88. The van der Waals surface area contributed by atoms with Crippen LogP contribution in [0.15, 0.2) is 42.5 Å². The van der Waals surface area contributed by atoms with Gasteiger partial charge in [0.25, 0.3) is 0 Å². The maximum absolute atomic E-state index is 10.5. The Hall–Kier alpha value is -1.67. The fourth-order valence-electron chi connectivity index (χ4n) is 1.88. The largest absolute Gasteiger partial charge is 0.357 e. The van der Waals surface area contributed by atoms with Crippen molar-refractivity contribution in [3.8, 4) is 0 Å². The predicted octanol–water partition coefficient (Wildman–Crippen LogP) is 2.48. The van der Waals surface area contributed by atoms with E-state index in [2.05, 4.69) is 24.3 Å². The molecule has 3 rings (SSSR count). The molecule has 0 N–H and O–H groups in total. The third-order valence-corrected chi connectivity index (χ3v) is 2.76. The van der Waals surface area contributed by atoms with E-state index in [1.807, 2.05) is 18.2 Å². The molecular formula is C13H10O2. The summed E-state index contributed by atoms with van der Waals surface area (Å²) < 4.78 is 5.23. The minimum atomic E-state index is -0.230. The molecular weight excluding hydrogens is 188 g/mol. The number of ether oxygens (including phenoxy) is 1. The molecule has 0 amide bonds. The predicted molar refractivity (Wildman–Crippen MR) is 57.6 cm³/mol. The van der Waals surface area contributed by atoms with Crippen molar-refractivity contribution < 1.29 is 9.53 Å². The Labute approximate surface area is 87.5 Å². The molecule has 1 fully saturated rings. The molecule has 1 saturated heterocycles. The van der Waals surface area contributed by atoms with Crippen molar-refractivity contribution in [2.75, 3.05) is 0 Å². The lowest BCUT2D eigenvalue weighted by atomic mass is 10.0.